The van der Waals surface area contributed by atoms with E-state index in [1.807, 2.05) is 54.6 Å². The molecule has 2 aromatic carbocycles. The summed E-state index contributed by atoms with van der Waals surface area (Å²) in [7, 11) is 0. The van der Waals surface area contributed by atoms with Crippen LogP contribution < -0.4 is 10.1 Å². The average Bonchev–Trinajstić information content (AvgIpc) is 3.18. The minimum Gasteiger partial charge on any atom is -0.457 e. The lowest BCUT2D eigenvalue weighted by molar-refractivity contribution is -0.185. The van der Waals surface area contributed by atoms with Crippen molar-refractivity contribution in [2.45, 2.75) is 25.0 Å². The van der Waals surface area contributed by atoms with Crippen molar-refractivity contribution >= 4 is 11.6 Å². The summed E-state index contributed by atoms with van der Waals surface area (Å²) in [5, 5.41) is 2.95. The first-order chi connectivity index (χ1) is 13.7. The molecule has 2 aliphatic rings. The van der Waals surface area contributed by atoms with E-state index >= 15 is 0 Å². The lowest BCUT2D eigenvalue weighted by atomic mass is 10.0. The Morgan fingerprint density at radius 1 is 0.964 bits per heavy atom. The number of nitrogens with zero attached hydrogens (tertiary/aromatic N) is 1. The number of carbonyl (C=O) groups is 1. The normalized spacial score (nSPS) is 18.9. The highest BCUT2D eigenvalue weighted by molar-refractivity contribution is 5.90. The van der Waals surface area contributed by atoms with Gasteiger partial charge in [0.1, 0.15) is 11.5 Å². The van der Waals surface area contributed by atoms with Gasteiger partial charge in [-0.3, -0.25) is 4.79 Å². The van der Waals surface area contributed by atoms with E-state index in [4.69, 9.17) is 14.2 Å². The van der Waals surface area contributed by atoms with Gasteiger partial charge in [0.2, 0.25) is 5.91 Å². The van der Waals surface area contributed by atoms with Crippen LogP contribution in [0.15, 0.2) is 54.6 Å². The number of hydrogen-bond acceptors (Lipinski definition) is 5. The van der Waals surface area contributed by atoms with Crippen LogP contribution >= 0.6 is 0 Å². The molecule has 2 saturated heterocycles. The number of amides is 1. The Hall–Kier alpha value is -2.41. The van der Waals surface area contributed by atoms with Crippen LogP contribution in [0.4, 0.5) is 5.69 Å². The van der Waals surface area contributed by atoms with Gasteiger partial charge in [0.15, 0.2) is 5.79 Å². The van der Waals surface area contributed by atoms with E-state index in [-0.39, 0.29) is 11.7 Å². The van der Waals surface area contributed by atoms with Crippen LogP contribution in [-0.4, -0.2) is 49.4 Å². The summed E-state index contributed by atoms with van der Waals surface area (Å²) in [6.07, 6.45) is 2.21. The third-order valence-electron chi connectivity index (χ3n) is 5.20. The fourth-order valence-electron chi connectivity index (χ4n) is 3.62. The molecule has 6 nitrogen and oxygen atoms in total. The molecule has 4 rings (SSSR count). The minimum absolute atomic E-state index is 0.0189. The second-order valence-electron chi connectivity index (χ2n) is 7.19. The molecule has 0 saturated carbocycles. The number of rotatable bonds is 6. The maximum Gasteiger partial charge on any atom is 0.225 e. The van der Waals surface area contributed by atoms with Crippen molar-refractivity contribution in [1.82, 2.24) is 4.90 Å². The highest BCUT2D eigenvalue weighted by Gasteiger charge is 2.39. The Bertz CT molecular complexity index is 763. The Morgan fingerprint density at radius 3 is 2.29 bits per heavy atom. The largest absolute Gasteiger partial charge is 0.457 e. The molecule has 0 aliphatic carbocycles. The second kappa shape index (κ2) is 8.73. The van der Waals surface area contributed by atoms with E-state index in [0.717, 1.165) is 49.7 Å². The number of hydrogen-bond donors (Lipinski definition) is 1. The molecular weight excluding hydrogens is 356 g/mol. The summed E-state index contributed by atoms with van der Waals surface area (Å²) < 4.78 is 17.3. The van der Waals surface area contributed by atoms with Crippen LogP contribution in [0.25, 0.3) is 0 Å². The average molecular weight is 382 g/mol. The molecule has 2 fully saturated rings. The molecule has 148 valence electrons. The van der Waals surface area contributed by atoms with Gasteiger partial charge in [0, 0.05) is 44.6 Å². The maximum atomic E-state index is 12.3. The highest BCUT2D eigenvalue weighted by Crippen LogP contribution is 2.31. The van der Waals surface area contributed by atoms with Gasteiger partial charge in [-0.05, 0) is 36.4 Å². The summed E-state index contributed by atoms with van der Waals surface area (Å²) in [4.78, 5) is 14.6. The molecule has 1 N–H and O–H groups in total. The van der Waals surface area contributed by atoms with Crippen molar-refractivity contribution < 1.29 is 19.0 Å². The van der Waals surface area contributed by atoms with E-state index in [0.29, 0.717) is 19.6 Å². The predicted octanol–water partition coefficient (Wildman–Crippen LogP) is 3.65. The molecule has 0 atom stereocenters. The highest BCUT2D eigenvalue weighted by atomic mass is 16.7. The first kappa shape index (κ1) is 18.9. The topological polar surface area (TPSA) is 60.0 Å². The number of likely N-dealkylation sites (tertiary alicyclic amines) is 1. The Balaban J connectivity index is 1.20. The van der Waals surface area contributed by atoms with Crippen LogP contribution in [-0.2, 0) is 14.3 Å². The van der Waals surface area contributed by atoms with Crippen LogP contribution in [0.2, 0.25) is 0 Å². The first-order valence-corrected chi connectivity index (χ1v) is 9.84. The number of anilines is 1. The summed E-state index contributed by atoms with van der Waals surface area (Å²) in [6, 6.07) is 17.0. The van der Waals surface area contributed by atoms with Crippen LogP contribution in [0.3, 0.4) is 0 Å². The van der Waals surface area contributed by atoms with Gasteiger partial charge >= 0.3 is 0 Å². The van der Waals surface area contributed by atoms with Gasteiger partial charge in [-0.1, -0.05) is 18.2 Å². The molecule has 0 unspecified atom stereocenters. The molecule has 2 aromatic rings. The smallest absolute Gasteiger partial charge is 0.225 e. The third-order valence-corrected chi connectivity index (χ3v) is 5.20. The van der Waals surface area contributed by atoms with Crippen molar-refractivity contribution in [1.29, 1.82) is 0 Å². The monoisotopic (exact) mass is 382 g/mol. The van der Waals surface area contributed by atoms with E-state index in [1.165, 1.54) is 0 Å². The Morgan fingerprint density at radius 2 is 1.61 bits per heavy atom. The van der Waals surface area contributed by atoms with Crippen molar-refractivity contribution in [2.75, 3.05) is 38.2 Å². The maximum absolute atomic E-state index is 12.3. The number of piperidine rings is 1. The van der Waals surface area contributed by atoms with Crippen molar-refractivity contribution in [3.63, 3.8) is 0 Å². The molecule has 0 radical (unpaired) electrons. The Kier molecular flexibility index (Phi) is 5.90. The van der Waals surface area contributed by atoms with Gasteiger partial charge in [-0.25, -0.2) is 0 Å². The summed E-state index contributed by atoms with van der Waals surface area (Å²) in [5.74, 6) is 1.19. The van der Waals surface area contributed by atoms with E-state index in [2.05, 4.69) is 10.2 Å². The van der Waals surface area contributed by atoms with Crippen LogP contribution in [0.5, 0.6) is 11.5 Å². The Labute approximate surface area is 165 Å². The molecule has 28 heavy (non-hydrogen) atoms. The van der Waals surface area contributed by atoms with Crippen molar-refractivity contribution in [3.8, 4) is 11.5 Å². The summed E-state index contributed by atoms with van der Waals surface area (Å²) >= 11 is 0. The minimum atomic E-state index is -0.359. The number of ether oxygens (including phenoxy) is 3. The SMILES string of the molecule is O=C(CCN1CCC2(CC1)OCCO2)Nc1ccc(Oc2ccccc2)cc1. The van der Waals surface area contributed by atoms with E-state index in [9.17, 15) is 4.79 Å². The molecule has 1 spiro atoms. The summed E-state index contributed by atoms with van der Waals surface area (Å²) in [5.41, 5.74) is 0.774. The quantitative estimate of drug-likeness (QED) is 0.826. The fourth-order valence-corrected chi connectivity index (χ4v) is 3.62. The van der Waals surface area contributed by atoms with Crippen LogP contribution in [0.1, 0.15) is 19.3 Å². The second-order valence-corrected chi connectivity index (χ2v) is 7.19. The number of benzene rings is 2. The zero-order chi connectivity index (χ0) is 19.2. The van der Waals surface area contributed by atoms with Gasteiger partial charge < -0.3 is 24.4 Å². The van der Waals surface area contributed by atoms with Crippen LogP contribution in [0, 0.1) is 0 Å². The van der Waals surface area contributed by atoms with Crippen molar-refractivity contribution in [3.05, 3.63) is 54.6 Å². The van der Waals surface area contributed by atoms with E-state index < -0.39 is 0 Å². The summed E-state index contributed by atoms with van der Waals surface area (Å²) in [6.45, 7) is 3.93. The fraction of sp³-hybridized carbons (Fsp3) is 0.409. The zero-order valence-corrected chi connectivity index (χ0v) is 15.9. The number of nitrogens with one attached hydrogen (secondary N) is 1. The van der Waals surface area contributed by atoms with Gasteiger partial charge in [0.05, 0.1) is 13.2 Å². The molecule has 0 bridgehead atoms. The predicted molar refractivity (Wildman–Crippen MR) is 107 cm³/mol. The molecule has 2 heterocycles. The standard InChI is InChI=1S/C22H26N2O4/c25-21(10-13-24-14-11-22(12-15-24)26-16-17-27-22)23-18-6-8-20(9-7-18)28-19-4-2-1-3-5-19/h1-9H,10-17H2,(H,23,25). The molecule has 1 amide bonds. The first-order valence-electron chi connectivity index (χ1n) is 9.84. The van der Waals surface area contributed by atoms with Gasteiger partial charge in [-0.2, -0.15) is 0 Å². The lowest BCUT2D eigenvalue weighted by Gasteiger charge is -2.37. The third kappa shape index (κ3) is 4.90. The van der Waals surface area contributed by atoms with Gasteiger partial charge in [0.25, 0.3) is 0 Å². The lowest BCUT2D eigenvalue weighted by Crippen LogP contribution is -2.45. The van der Waals surface area contributed by atoms with Gasteiger partial charge in [-0.15, -0.1) is 0 Å². The number of para-hydroxylation sites is 1. The molecule has 0 aromatic heterocycles. The molecule has 6 heteroatoms. The molecular formula is C22H26N2O4. The van der Waals surface area contributed by atoms with Crippen molar-refractivity contribution in [2.24, 2.45) is 0 Å². The van der Waals surface area contributed by atoms with E-state index in [1.54, 1.807) is 0 Å². The zero-order valence-electron chi connectivity index (χ0n) is 15.9. The molecule has 2 aliphatic heterocycles. The number of carbonyl (C=O) groups excluding carboxylic acids is 1.